The molecule has 19 heavy (non-hydrogen) atoms. The molecular weight excluding hydrogens is 243 g/mol. The number of nitrogens with one attached hydrogen (secondary N) is 2. The van der Waals surface area contributed by atoms with Gasteiger partial charge in [0.15, 0.2) is 0 Å². The van der Waals surface area contributed by atoms with E-state index in [0.29, 0.717) is 27.3 Å². The molecule has 0 saturated heterocycles. The smallest absolute Gasteiger partial charge is 0.213 e. The fourth-order valence-corrected chi connectivity index (χ4v) is 2.54. The van der Waals surface area contributed by atoms with Crippen molar-refractivity contribution in [3.63, 3.8) is 0 Å². The van der Waals surface area contributed by atoms with Crippen LogP contribution in [0.5, 0.6) is 0 Å². The zero-order chi connectivity index (χ0) is 13.0. The fourth-order valence-electron chi connectivity index (χ4n) is 2.54. The topological polar surface area (TPSA) is 48.6 Å². The first-order valence-corrected chi connectivity index (χ1v) is 5.96. The number of para-hydroxylation sites is 2. The lowest BCUT2D eigenvalue weighted by molar-refractivity contribution is 0.637. The van der Waals surface area contributed by atoms with Crippen molar-refractivity contribution in [2.24, 2.45) is 0 Å². The lowest BCUT2D eigenvalue weighted by Gasteiger charge is -1.98. The van der Waals surface area contributed by atoms with Crippen molar-refractivity contribution in [2.45, 2.75) is 0 Å². The van der Waals surface area contributed by atoms with Crippen molar-refractivity contribution in [2.75, 3.05) is 0 Å². The molecule has 3 nitrogen and oxygen atoms in total. The highest BCUT2D eigenvalue weighted by Crippen LogP contribution is 2.25. The van der Waals surface area contributed by atoms with Crippen LogP contribution in [-0.4, -0.2) is 9.97 Å². The predicted octanol–water partition coefficient (Wildman–Crippen LogP) is 3.30. The Morgan fingerprint density at radius 1 is 0.789 bits per heavy atom. The van der Waals surface area contributed by atoms with E-state index in [2.05, 4.69) is 9.97 Å². The Kier molecular flexibility index (Phi) is 1.87. The Balaban J connectivity index is 2.37. The van der Waals surface area contributed by atoms with Gasteiger partial charge in [-0.3, -0.25) is 4.79 Å². The maximum Gasteiger partial charge on any atom is 0.213 e. The summed E-state index contributed by atoms with van der Waals surface area (Å²) in [5, 5.41) is 1.29. The van der Waals surface area contributed by atoms with Gasteiger partial charge in [0.25, 0.3) is 0 Å². The highest BCUT2D eigenvalue weighted by molar-refractivity contribution is 6.08. The van der Waals surface area contributed by atoms with Crippen molar-refractivity contribution in [3.05, 3.63) is 58.5 Å². The van der Waals surface area contributed by atoms with Gasteiger partial charge in [0.2, 0.25) is 5.43 Å². The van der Waals surface area contributed by atoms with Crippen LogP contribution in [0.4, 0.5) is 4.39 Å². The molecule has 92 valence electrons. The number of aromatic nitrogens is 2. The normalized spacial score (nSPS) is 11.6. The van der Waals surface area contributed by atoms with Crippen molar-refractivity contribution >= 4 is 32.8 Å². The Labute approximate surface area is 106 Å². The minimum absolute atomic E-state index is 0.111. The predicted molar refractivity (Wildman–Crippen MR) is 73.9 cm³/mol. The van der Waals surface area contributed by atoms with Crippen LogP contribution in [0.3, 0.4) is 0 Å². The summed E-state index contributed by atoms with van der Waals surface area (Å²) in [6, 6.07) is 12.1. The third-order valence-electron chi connectivity index (χ3n) is 3.44. The molecule has 0 aliphatic rings. The van der Waals surface area contributed by atoms with Gasteiger partial charge >= 0.3 is 0 Å². The van der Waals surface area contributed by atoms with E-state index in [1.165, 1.54) is 6.07 Å². The van der Waals surface area contributed by atoms with Gasteiger partial charge in [-0.2, -0.15) is 0 Å². The van der Waals surface area contributed by atoms with Crippen LogP contribution in [0.1, 0.15) is 0 Å². The highest BCUT2D eigenvalue weighted by atomic mass is 19.1. The van der Waals surface area contributed by atoms with E-state index < -0.39 is 0 Å². The van der Waals surface area contributed by atoms with E-state index in [9.17, 15) is 9.18 Å². The number of halogens is 1. The zero-order valence-electron chi connectivity index (χ0n) is 9.83. The van der Waals surface area contributed by atoms with E-state index in [0.717, 1.165) is 5.52 Å². The van der Waals surface area contributed by atoms with E-state index in [1.54, 1.807) is 18.2 Å². The monoisotopic (exact) mass is 252 g/mol. The van der Waals surface area contributed by atoms with Crippen LogP contribution < -0.4 is 5.43 Å². The second-order valence-corrected chi connectivity index (χ2v) is 4.54. The Hall–Kier alpha value is -2.62. The summed E-state index contributed by atoms with van der Waals surface area (Å²) in [5.74, 6) is -0.356. The number of rotatable bonds is 0. The highest BCUT2D eigenvalue weighted by Gasteiger charge is 2.12. The average Bonchev–Trinajstić information content (AvgIpc) is 2.80. The van der Waals surface area contributed by atoms with Gasteiger partial charge in [0.1, 0.15) is 11.3 Å². The second kappa shape index (κ2) is 3.45. The number of hydrogen-bond acceptors (Lipinski definition) is 1. The molecule has 0 spiro atoms. The second-order valence-electron chi connectivity index (χ2n) is 4.54. The molecule has 2 heterocycles. The molecule has 0 amide bonds. The van der Waals surface area contributed by atoms with Gasteiger partial charge in [0, 0.05) is 16.3 Å². The van der Waals surface area contributed by atoms with Crippen molar-refractivity contribution in [3.8, 4) is 0 Å². The number of H-pyrrole nitrogens is 2. The van der Waals surface area contributed by atoms with Crippen LogP contribution in [0.2, 0.25) is 0 Å². The van der Waals surface area contributed by atoms with Crippen molar-refractivity contribution in [1.29, 1.82) is 0 Å². The van der Waals surface area contributed by atoms with Gasteiger partial charge < -0.3 is 9.97 Å². The van der Waals surface area contributed by atoms with Gasteiger partial charge in [-0.25, -0.2) is 4.39 Å². The summed E-state index contributed by atoms with van der Waals surface area (Å²) < 4.78 is 13.8. The minimum Gasteiger partial charge on any atom is -0.353 e. The third-order valence-corrected chi connectivity index (χ3v) is 3.44. The van der Waals surface area contributed by atoms with Gasteiger partial charge in [-0.15, -0.1) is 0 Å². The largest absolute Gasteiger partial charge is 0.353 e. The molecule has 0 bridgehead atoms. The van der Waals surface area contributed by atoms with Gasteiger partial charge in [0.05, 0.1) is 11.0 Å². The first kappa shape index (κ1) is 10.3. The molecule has 2 N–H and O–H groups in total. The van der Waals surface area contributed by atoms with Crippen LogP contribution in [0.25, 0.3) is 32.8 Å². The molecule has 2 aromatic carbocycles. The van der Waals surface area contributed by atoms with Crippen molar-refractivity contribution in [1.82, 2.24) is 9.97 Å². The first-order valence-electron chi connectivity index (χ1n) is 5.96. The van der Waals surface area contributed by atoms with Crippen LogP contribution in [0.15, 0.2) is 47.3 Å². The summed E-state index contributed by atoms with van der Waals surface area (Å²) in [7, 11) is 0. The molecule has 0 aliphatic heterocycles. The quantitative estimate of drug-likeness (QED) is 0.495. The maximum atomic E-state index is 13.8. The standard InChI is InChI=1S/C15H9FN2O/c16-10-6-3-5-9-12(10)18-14-13(9)17-11-7-2-1-4-8(11)15(14)19/h1-7,18H,(H,17,19). The number of pyridine rings is 1. The molecule has 0 radical (unpaired) electrons. The Bertz CT molecular complexity index is 997. The molecule has 4 aromatic rings. The number of aromatic amines is 2. The molecule has 4 heteroatoms. The summed E-state index contributed by atoms with van der Waals surface area (Å²) in [6.45, 7) is 0. The summed E-state index contributed by atoms with van der Waals surface area (Å²) >= 11 is 0. The first-order chi connectivity index (χ1) is 9.25. The molecule has 2 aromatic heterocycles. The molecular formula is C15H9FN2O. The maximum absolute atomic E-state index is 13.8. The van der Waals surface area contributed by atoms with Crippen LogP contribution in [-0.2, 0) is 0 Å². The lowest BCUT2D eigenvalue weighted by Crippen LogP contribution is -2.03. The summed E-state index contributed by atoms with van der Waals surface area (Å²) in [4.78, 5) is 18.5. The number of hydrogen-bond donors (Lipinski definition) is 2. The number of benzene rings is 2. The molecule has 0 atom stereocenters. The summed E-state index contributed by atoms with van der Waals surface area (Å²) in [6.07, 6.45) is 0. The SMILES string of the molecule is O=c1c2ccccc2[nH]c2c1[nH]c1c(F)cccc12. The molecule has 0 saturated carbocycles. The van der Waals surface area contributed by atoms with E-state index in [-0.39, 0.29) is 11.2 Å². The van der Waals surface area contributed by atoms with Gasteiger partial charge in [-0.1, -0.05) is 24.3 Å². The van der Waals surface area contributed by atoms with Gasteiger partial charge in [-0.05, 0) is 18.2 Å². The zero-order valence-corrected chi connectivity index (χ0v) is 9.83. The average molecular weight is 252 g/mol. The minimum atomic E-state index is -0.356. The fraction of sp³-hybridized carbons (Fsp3) is 0. The van der Waals surface area contributed by atoms with Crippen LogP contribution in [0, 0.1) is 5.82 Å². The summed E-state index contributed by atoms with van der Waals surface area (Å²) in [5.41, 5.74) is 2.07. The molecule has 0 fully saturated rings. The Morgan fingerprint density at radius 3 is 2.47 bits per heavy atom. The lowest BCUT2D eigenvalue weighted by atomic mass is 10.1. The van der Waals surface area contributed by atoms with E-state index in [1.807, 2.05) is 18.2 Å². The van der Waals surface area contributed by atoms with Crippen LogP contribution >= 0.6 is 0 Å². The van der Waals surface area contributed by atoms with E-state index >= 15 is 0 Å². The molecule has 4 rings (SSSR count). The third kappa shape index (κ3) is 1.28. The van der Waals surface area contributed by atoms with Crippen molar-refractivity contribution < 1.29 is 4.39 Å². The number of fused-ring (bicyclic) bond motifs is 4. The molecule has 0 aliphatic carbocycles. The van der Waals surface area contributed by atoms with E-state index in [4.69, 9.17) is 0 Å². The Morgan fingerprint density at radius 2 is 1.58 bits per heavy atom. The molecule has 0 unspecified atom stereocenters.